The predicted octanol–water partition coefficient (Wildman–Crippen LogP) is 6.20. The fraction of sp³-hybridized carbons (Fsp3) is 0.417. The molecule has 1 aromatic carbocycles. The average Bonchev–Trinajstić information content (AvgIpc) is 3.06. The molecule has 0 bridgehead atoms. The molecule has 1 saturated heterocycles. The lowest BCUT2D eigenvalue weighted by Gasteiger charge is -2.41. The summed E-state index contributed by atoms with van der Waals surface area (Å²) in [5.41, 5.74) is 3.79. The number of anilines is 2. The van der Waals surface area contributed by atoms with Crippen molar-refractivity contribution in [2.75, 3.05) is 23.0 Å². The topological polar surface area (TPSA) is 43.8 Å². The lowest BCUT2D eigenvalue weighted by Crippen LogP contribution is -2.36. The van der Waals surface area contributed by atoms with Crippen LogP contribution in [0.2, 0.25) is 0 Å². The van der Waals surface area contributed by atoms with E-state index < -0.39 is 6.34 Å². The first kappa shape index (κ1) is 20.7. The van der Waals surface area contributed by atoms with Crippen LogP contribution in [0, 0.1) is 5.41 Å². The molecule has 2 aliphatic heterocycles. The summed E-state index contributed by atoms with van der Waals surface area (Å²) in [4.78, 5) is 7.16. The molecule has 1 fully saturated rings. The normalized spacial score (nSPS) is 25.3. The number of allylic oxidation sites excluding steroid dienone is 2. The van der Waals surface area contributed by atoms with Gasteiger partial charge in [0.1, 0.15) is 5.82 Å². The molecular weight excluding hydrogens is 421 g/mol. The quantitative estimate of drug-likeness (QED) is 0.561. The van der Waals surface area contributed by atoms with E-state index in [2.05, 4.69) is 57.9 Å². The second kappa shape index (κ2) is 8.07. The second-order valence-electron chi connectivity index (χ2n) is 9.44. The zero-order valence-corrected chi connectivity index (χ0v) is 20.0. The van der Waals surface area contributed by atoms with Gasteiger partial charge in [0.25, 0.3) is 0 Å². The van der Waals surface area contributed by atoms with Crippen molar-refractivity contribution in [3.63, 3.8) is 0 Å². The number of nitrogens with one attached hydrogen (secondary N) is 1. The highest BCUT2D eigenvalue weighted by Gasteiger charge is 2.47. The Labute approximate surface area is 190 Å². The zero-order valence-electron chi connectivity index (χ0n) is 18.3. The van der Waals surface area contributed by atoms with Crippen LogP contribution in [-0.4, -0.2) is 28.7 Å². The van der Waals surface area contributed by atoms with E-state index in [1.54, 1.807) is 0 Å². The van der Waals surface area contributed by atoms with E-state index in [4.69, 9.17) is 16.9 Å². The first-order valence-corrected chi connectivity index (χ1v) is 13.9. The summed E-state index contributed by atoms with van der Waals surface area (Å²) < 4.78 is 2.10. The molecule has 1 aromatic heterocycles. The molecule has 1 atom stereocenters. The van der Waals surface area contributed by atoms with Crippen LogP contribution in [-0.2, 0) is 11.8 Å². The molecule has 3 heterocycles. The molecule has 5 nitrogen and oxygen atoms in total. The highest BCUT2D eigenvalue weighted by atomic mass is 32.4. The van der Waals surface area contributed by atoms with Crippen molar-refractivity contribution in [3.8, 4) is 0 Å². The van der Waals surface area contributed by atoms with Gasteiger partial charge < -0.3 is 9.99 Å². The van der Waals surface area contributed by atoms with Crippen LogP contribution in [0.3, 0.4) is 0 Å². The number of rotatable bonds is 4. The van der Waals surface area contributed by atoms with Gasteiger partial charge in [0.05, 0.1) is 16.7 Å². The largest absolute Gasteiger partial charge is 0.374 e. The molecule has 3 aliphatic rings. The molecule has 0 spiro atoms. The Morgan fingerprint density at radius 2 is 1.71 bits per heavy atom. The van der Waals surface area contributed by atoms with Gasteiger partial charge in [-0.15, -0.1) is 0 Å². The van der Waals surface area contributed by atoms with Crippen molar-refractivity contribution in [3.05, 3.63) is 65.7 Å². The van der Waals surface area contributed by atoms with Gasteiger partial charge in [-0.3, -0.25) is 0 Å². The summed E-state index contributed by atoms with van der Waals surface area (Å²) in [5, 5.41) is 10.2. The number of fused-ring (bicyclic) bond motifs is 1. The smallest absolute Gasteiger partial charge is 0.176 e. The third-order valence-corrected chi connectivity index (χ3v) is 10.1. The highest BCUT2D eigenvalue weighted by molar-refractivity contribution is 8.18. The first-order chi connectivity index (χ1) is 15.0. The molecule has 0 radical (unpaired) electrons. The van der Waals surface area contributed by atoms with Crippen LogP contribution in [0.15, 0.2) is 70.8 Å². The monoisotopic (exact) mass is 451 g/mol. The van der Waals surface area contributed by atoms with Crippen LogP contribution in [0.1, 0.15) is 46.0 Å². The number of hydrogen-bond acceptors (Lipinski definition) is 4. The number of hydrogen-bond donors (Lipinski definition) is 1. The summed E-state index contributed by atoms with van der Waals surface area (Å²) in [6, 6.07) is 16.3. The number of benzene rings is 1. The minimum Gasteiger partial charge on any atom is -0.374 e. The Hall–Kier alpha value is -2.17. The van der Waals surface area contributed by atoms with Crippen LogP contribution < -0.4 is 9.87 Å². The van der Waals surface area contributed by atoms with E-state index in [9.17, 15) is 0 Å². The summed E-state index contributed by atoms with van der Waals surface area (Å²) in [6.45, 7) is 6.95. The van der Waals surface area contributed by atoms with Gasteiger partial charge in [0.15, 0.2) is 6.34 Å². The van der Waals surface area contributed by atoms with Gasteiger partial charge in [0.2, 0.25) is 0 Å². The standard InChI is InChI=1S/C24H30N5PS/c1-24(2)17-20-23(21(18-24)28-15-9-4-10-16-28)30(31,27-22-13-7-8-14-25-22)29(26-20)19-11-5-3-6-12-19/h3,5-8,11-14H,4,9-10,15-18H2,1-2H3,(H,25,27,31). The number of hydrazone groups is 1. The number of aromatic nitrogens is 1. The molecule has 31 heavy (non-hydrogen) atoms. The molecule has 2 aromatic rings. The summed E-state index contributed by atoms with van der Waals surface area (Å²) in [6.07, 6.45) is 5.19. The molecule has 7 heteroatoms. The van der Waals surface area contributed by atoms with E-state index in [1.165, 1.54) is 30.3 Å². The van der Waals surface area contributed by atoms with Gasteiger partial charge >= 0.3 is 0 Å². The number of nitrogens with zero attached hydrogens (tertiary/aromatic N) is 4. The van der Waals surface area contributed by atoms with Gasteiger partial charge in [0, 0.05) is 25.0 Å². The lowest BCUT2D eigenvalue weighted by molar-refractivity contribution is 0.240. The van der Waals surface area contributed by atoms with Crippen molar-refractivity contribution in [2.45, 2.75) is 46.0 Å². The Morgan fingerprint density at radius 1 is 0.968 bits per heavy atom. The predicted molar refractivity (Wildman–Crippen MR) is 134 cm³/mol. The Balaban J connectivity index is 1.68. The van der Waals surface area contributed by atoms with Crippen LogP contribution >= 0.6 is 6.34 Å². The van der Waals surface area contributed by atoms with E-state index in [-0.39, 0.29) is 5.41 Å². The average molecular weight is 452 g/mol. The van der Waals surface area contributed by atoms with E-state index in [1.807, 2.05) is 30.5 Å². The molecule has 1 aliphatic carbocycles. The SMILES string of the molecule is CC1(C)CC2=NN(c3ccccc3)P(=S)(Nc3ccccn3)C2=C(N2CCCCC2)C1. The molecular formula is C24H30N5PS. The summed E-state index contributed by atoms with van der Waals surface area (Å²) in [7, 11) is 0. The molecule has 1 unspecified atom stereocenters. The summed E-state index contributed by atoms with van der Waals surface area (Å²) >= 11 is 6.56. The molecule has 1 N–H and O–H groups in total. The zero-order chi connectivity index (χ0) is 21.5. The fourth-order valence-corrected chi connectivity index (χ4v) is 8.78. The van der Waals surface area contributed by atoms with Crippen LogP contribution in [0.5, 0.6) is 0 Å². The van der Waals surface area contributed by atoms with Crippen LogP contribution in [0.25, 0.3) is 0 Å². The third kappa shape index (κ3) is 3.92. The van der Waals surface area contributed by atoms with Crippen molar-refractivity contribution < 1.29 is 0 Å². The molecule has 5 rings (SSSR count). The maximum atomic E-state index is 6.56. The Kier molecular flexibility index (Phi) is 5.39. The number of likely N-dealkylation sites (tertiary alicyclic amines) is 1. The van der Waals surface area contributed by atoms with Gasteiger partial charge in [-0.25, -0.2) is 9.76 Å². The number of para-hydroxylation sites is 1. The van der Waals surface area contributed by atoms with Gasteiger partial charge in [-0.2, -0.15) is 5.10 Å². The third-order valence-electron chi connectivity index (χ3n) is 6.28. The van der Waals surface area contributed by atoms with Gasteiger partial charge in [-0.1, -0.05) is 38.1 Å². The van der Waals surface area contributed by atoms with Gasteiger partial charge in [-0.05, 0) is 73.6 Å². The van der Waals surface area contributed by atoms with Crippen molar-refractivity contribution in [1.82, 2.24) is 9.88 Å². The Bertz CT molecular complexity index is 1060. The maximum Gasteiger partial charge on any atom is 0.176 e. The van der Waals surface area contributed by atoms with E-state index in [0.717, 1.165) is 43.1 Å². The molecule has 0 amide bonds. The lowest BCUT2D eigenvalue weighted by atomic mass is 9.78. The van der Waals surface area contributed by atoms with E-state index >= 15 is 0 Å². The minimum atomic E-state index is -2.45. The maximum absolute atomic E-state index is 6.56. The van der Waals surface area contributed by atoms with Crippen LogP contribution in [0.4, 0.5) is 11.5 Å². The Morgan fingerprint density at radius 3 is 2.42 bits per heavy atom. The molecule has 162 valence electrons. The van der Waals surface area contributed by atoms with Crippen molar-refractivity contribution >= 4 is 35.4 Å². The first-order valence-electron chi connectivity index (χ1n) is 11.2. The number of piperidine rings is 1. The summed E-state index contributed by atoms with van der Waals surface area (Å²) in [5.74, 6) is 0.818. The number of pyridine rings is 1. The highest BCUT2D eigenvalue weighted by Crippen LogP contribution is 2.66. The van der Waals surface area contributed by atoms with Crippen molar-refractivity contribution in [2.24, 2.45) is 10.5 Å². The minimum absolute atomic E-state index is 0.174. The fourth-order valence-electron chi connectivity index (χ4n) is 4.90. The van der Waals surface area contributed by atoms with Crippen molar-refractivity contribution in [1.29, 1.82) is 0 Å². The van der Waals surface area contributed by atoms with E-state index in [0.29, 0.717) is 0 Å². The molecule has 0 saturated carbocycles. The second-order valence-corrected chi connectivity index (χ2v) is 13.2.